The van der Waals surface area contributed by atoms with Crippen LogP contribution in [0.1, 0.15) is 18.5 Å². The summed E-state index contributed by atoms with van der Waals surface area (Å²) < 4.78 is 0. The minimum Gasteiger partial charge on any atom is -0.393 e. The van der Waals surface area contributed by atoms with Crippen molar-refractivity contribution in [2.45, 2.75) is 18.9 Å². The molecule has 1 saturated heterocycles. The SMILES string of the molecule is NC(=S)c1nccnc1N1CC2CCC(O)C2C1. The maximum atomic E-state index is 9.93. The van der Waals surface area contributed by atoms with Crippen LogP contribution in [-0.4, -0.2) is 39.3 Å². The van der Waals surface area contributed by atoms with Gasteiger partial charge in [0.2, 0.25) is 0 Å². The molecule has 3 rings (SSSR count). The van der Waals surface area contributed by atoms with Gasteiger partial charge in [0.05, 0.1) is 6.10 Å². The van der Waals surface area contributed by atoms with Crippen LogP contribution in [0.2, 0.25) is 0 Å². The third-order valence-corrected chi connectivity index (χ3v) is 4.22. The molecule has 1 aromatic rings. The van der Waals surface area contributed by atoms with Gasteiger partial charge in [-0.2, -0.15) is 0 Å². The van der Waals surface area contributed by atoms with E-state index in [0.717, 1.165) is 31.7 Å². The quantitative estimate of drug-likeness (QED) is 0.749. The molecule has 5 nitrogen and oxygen atoms in total. The number of nitrogens with zero attached hydrogens (tertiary/aromatic N) is 3. The van der Waals surface area contributed by atoms with E-state index in [2.05, 4.69) is 14.9 Å². The van der Waals surface area contributed by atoms with Gasteiger partial charge in [0, 0.05) is 31.4 Å². The Bertz CT molecular complexity index is 481. The lowest BCUT2D eigenvalue weighted by Gasteiger charge is -2.20. The summed E-state index contributed by atoms with van der Waals surface area (Å²) in [6, 6.07) is 0. The van der Waals surface area contributed by atoms with Gasteiger partial charge in [-0.1, -0.05) is 12.2 Å². The Labute approximate surface area is 111 Å². The van der Waals surface area contributed by atoms with Crippen LogP contribution in [0.4, 0.5) is 5.82 Å². The third kappa shape index (κ3) is 1.85. The first-order chi connectivity index (χ1) is 8.66. The van der Waals surface area contributed by atoms with Crippen molar-refractivity contribution in [3.63, 3.8) is 0 Å². The number of aromatic nitrogens is 2. The summed E-state index contributed by atoms with van der Waals surface area (Å²) in [5.41, 5.74) is 6.26. The fourth-order valence-corrected chi connectivity index (χ4v) is 3.29. The monoisotopic (exact) mass is 264 g/mol. The Balaban J connectivity index is 1.87. The molecule has 2 fully saturated rings. The molecule has 0 radical (unpaired) electrons. The molecule has 2 aliphatic rings. The molecule has 1 saturated carbocycles. The molecule has 6 heteroatoms. The molecule has 3 N–H and O–H groups in total. The van der Waals surface area contributed by atoms with Crippen molar-refractivity contribution in [2.24, 2.45) is 17.6 Å². The van der Waals surface area contributed by atoms with Gasteiger partial charge in [-0.05, 0) is 18.8 Å². The van der Waals surface area contributed by atoms with Crippen molar-refractivity contribution in [1.29, 1.82) is 0 Å². The van der Waals surface area contributed by atoms with Crippen molar-refractivity contribution >= 4 is 23.0 Å². The van der Waals surface area contributed by atoms with Crippen molar-refractivity contribution in [1.82, 2.24) is 9.97 Å². The fraction of sp³-hybridized carbons (Fsp3) is 0.583. The largest absolute Gasteiger partial charge is 0.393 e. The van der Waals surface area contributed by atoms with Crippen LogP contribution in [0.25, 0.3) is 0 Å². The highest BCUT2D eigenvalue weighted by Gasteiger charge is 2.42. The lowest BCUT2D eigenvalue weighted by Crippen LogP contribution is -2.28. The highest BCUT2D eigenvalue weighted by atomic mass is 32.1. The topological polar surface area (TPSA) is 75.3 Å². The first kappa shape index (κ1) is 11.8. The first-order valence-electron chi connectivity index (χ1n) is 6.20. The fourth-order valence-electron chi connectivity index (χ4n) is 3.15. The number of hydrogen-bond acceptors (Lipinski definition) is 5. The van der Waals surface area contributed by atoms with Crippen molar-refractivity contribution in [2.75, 3.05) is 18.0 Å². The van der Waals surface area contributed by atoms with E-state index in [0.29, 0.717) is 17.5 Å². The summed E-state index contributed by atoms with van der Waals surface area (Å²) in [4.78, 5) is 11.0. The van der Waals surface area contributed by atoms with E-state index in [-0.39, 0.29) is 11.1 Å². The second-order valence-electron chi connectivity index (χ2n) is 5.07. The molecule has 1 aliphatic heterocycles. The van der Waals surface area contributed by atoms with Gasteiger partial charge < -0.3 is 15.7 Å². The van der Waals surface area contributed by atoms with Crippen LogP contribution < -0.4 is 10.6 Å². The maximum absolute atomic E-state index is 9.93. The Kier molecular flexibility index (Phi) is 2.91. The smallest absolute Gasteiger partial charge is 0.157 e. The molecule has 18 heavy (non-hydrogen) atoms. The number of rotatable bonds is 2. The van der Waals surface area contributed by atoms with Crippen LogP contribution in [0, 0.1) is 11.8 Å². The minimum absolute atomic E-state index is 0.176. The van der Waals surface area contributed by atoms with Crippen LogP contribution in [0.15, 0.2) is 12.4 Å². The second kappa shape index (κ2) is 4.44. The lowest BCUT2D eigenvalue weighted by molar-refractivity contribution is 0.133. The summed E-state index contributed by atoms with van der Waals surface area (Å²) in [5, 5.41) is 9.93. The molecule has 1 aliphatic carbocycles. The number of thiocarbonyl (C=S) groups is 1. The molecule has 3 unspecified atom stereocenters. The summed E-state index contributed by atoms with van der Waals surface area (Å²) in [5.74, 6) is 1.67. The Morgan fingerprint density at radius 2 is 2.11 bits per heavy atom. The maximum Gasteiger partial charge on any atom is 0.157 e. The van der Waals surface area contributed by atoms with Gasteiger partial charge >= 0.3 is 0 Å². The Morgan fingerprint density at radius 3 is 2.83 bits per heavy atom. The van der Waals surface area contributed by atoms with E-state index >= 15 is 0 Å². The molecule has 3 atom stereocenters. The summed E-state index contributed by atoms with van der Waals surface area (Å²) in [7, 11) is 0. The molecule has 1 aromatic heterocycles. The summed E-state index contributed by atoms with van der Waals surface area (Å²) in [6.07, 6.45) is 5.09. The van der Waals surface area contributed by atoms with Gasteiger partial charge in [0.25, 0.3) is 0 Å². The zero-order valence-corrected chi connectivity index (χ0v) is 10.8. The van der Waals surface area contributed by atoms with E-state index in [1.54, 1.807) is 12.4 Å². The van der Waals surface area contributed by atoms with Gasteiger partial charge in [-0.3, -0.25) is 0 Å². The Hall–Kier alpha value is -1.27. The summed E-state index contributed by atoms with van der Waals surface area (Å²) >= 11 is 5.01. The zero-order valence-electron chi connectivity index (χ0n) is 9.99. The van der Waals surface area contributed by atoms with E-state index < -0.39 is 0 Å². The van der Waals surface area contributed by atoms with Gasteiger partial charge in [-0.15, -0.1) is 0 Å². The third-order valence-electron chi connectivity index (χ3n) is 4.03. The molecule has 0 spiro atoms. The Morgan fingerprint density at radius 1 is 1.33 bits per heavy atom. The van der Waals surface area contributed by atoms with Crippen LogP contribution in [-0.2, 0) is 0 Å². The molecular weight excluding hydrogens is 248 g/mol. The average Bonchev–Trinajstić information content (AvgIpc) is 2.92. The number of fused-ring (bicyclic) bond motifs is 1. The van der Waals surface area contributed by atoms with Crippen molar-refractivity contribution < 1.29 is 5.11 Å². The second-order valence-corrected chi connectivity index (χ2v) is 5.51. The number of anilines is 1. The van der Waals surface area contributed by atoms with E-state index in [9.17, 15) is 5.11 Å². The highest BCUT2D eigenvalue weighted by Crippen LogP contribution is 2.39. The molecule has 96 valence electrons. The highest BCUT2D eigenvalue weighted by molar-refractivity contribution is 7.80. The van der Waals surface area contributed by atoms with E-state index in [1.807, 2.05) is 0 Å². The molecule has 0 amide bonds. The zero-order chi connectivity index (χ0) is 12.7. The van der Waals surface area contributed by atoms with Crippen molar-refractivity contribution in [3.05, 3.63) is 18.1 Å². The molecule has 0 aromatic carbocycles. The number of aliphatic hydroxyl groups excluding tert-OH is 1. The molecular formula is C12H16N4OS. The van der Waals surface area contributed by atoms with Gasteiger partial charge in [0.1, 0.15) is 10.7 Å². The number of aliphatic hydroxyl groups is 1. The van der Waals surface area contributed by atoms with E-state index in [4.69, 9.17) is 18.0 Å². The normalized spacial score (nSPS) is 30.5. The standard InChI is InChI=1S/C12H16N4OS/c13-11(18)10-12(15-4-3-14-10)16-5-7-1-2-9(17)8(7)6-16/h3-4,7-9,17H,1-2,5-6H2,(H2,13,18). The van der Waals surface area contributed by atoms with E-state index in [1.165, 1.54) is 0 Å². The number of nitrogens with two attached hydrogens (primary N) is 1. The molecule has 0 bridgehead atoms. The molecule has 2 heterocycles. The minimum atomic E-state index is -0.176. The van der Waals surface area contributed by atoms with Crippen LogP contribution >= 0.6 is 12.2 Å². The van der Waals surface area contributed by atoms with Crippen LogP contribution in [0.3, 0.4) is 0 Å². The first-order valence-corrected chi connectivity index (χ1v) is 6.61. The van der Waals surface area contributed by atoms with Crippen LogP contribution in [0.5, 0.6) is 0 Å². The number of hydrogen-bond donors (Lipinski definition) is 2. The lowest BCUT2D eigenvalue weighted by atomic mass is 10.00. The van der Waals surface area contributed by atoms with Gasteiger partial charge in [0.15, 0.2) is 5.82 Å². The summed E-state index contributed by atoms with van der Waals surface area (Å²) in [6.45, 7) is 1.73. The van der Waals surface area contributed by atoms with Gasteiger partial charge in [-0.25, -0.2) is 9.97 Å². The average molecular weight is 264 g/mol. The van der Waals surface area contributed by atoms with Crippen molar-refractivity contribution in [3.8, 4) is 0 Å². The predicted octanol–water partition coefficient (Wildman–Crippen LogP) is 0.318. The predicted molar refractivity (Wildman–Crippen MR) is 72.4 cm³/mol.